The van der Waals surface area contributed by atoms with E-state index in [9.17, 15) is 18.3 Å². The Morgan fingerprint density at radius 3 is 2.27 bits per heavy atom. The number of anilines is 1. The normalized spacial score (nSPS) is 20.5. The van der Waals surface area contributed by atoms with Crippen LogP contribution in [0.2, 0.25) is 0 Å². The Kier molecular flexibility index (Phi) is 6.35. The summed E-state index contributed by atoms with van der Waals surface area (Å²) < 4.78 is 42.0. The largest absolute Gasteiger partial charge is 0.573 e. The van der Waals surface area contributed by atoms with Crippen molar-refractivity contribution < 1.29 is 23.0 Å². The molecule has 0 unspecified atom stereocenters. The molecule has 2 aromatic rings. The predicted octanol–water partition coefficient (Wildman–Crippen LogP) is 4.79. The van der Waals surface area contributed by atoms with E-state index in [1.54, 1.807) is 6.20 Å². The summed E-state index contributed by atoms with van der Waals surface area (Å²) in [6.45, 7) is 10.5. The number of pyridine rings is 1. The average molecular weight is 464 g/mol. The highest BCUT2D eigenvalue weighted by Gasteiger charge is 2.56. The summed E-state index contributed by atoms with van der Waals surface area (Å²) >= 11 is 0. The van der Waals surface area contributed by atoms with Crippen LogP contribution in [0.15, 0.2) is 42.7 Å². The SMILES string of the molecule is CC(C)CN1CC(C)([C@](O)(c2ccc(OC(F)(F)F)cc2)c2cncc(N3CCCC3)c2)C1. The molecule has 1 atom stereocenters. The van der Waals surface area contributed by atoms with Gasteiger partial charge in [0.05, 0.1) is 11.9 Å². The number of rotatable bonds is 7. The molecule has 0 saturated carbocycles. The summed E-state index contributed by atoms with van der Waals surface area (Å²) in [7, 11) is 0. The maximum atomic E-state index is 12.6. The molecule has 0 aliphatic carbocycles. The highest BCUT2D eigenvalue weighted by Crippen LogP contribution is 2.51. The smallest absolute Gasteiger partial charge is 0.406 e. The van der Waals surface area contributed by atoms with Crippen LogP contribution < -0.4 is 9.64 Å². The first kappa shape index (κ1) is 23.8. The molecule has 2 aliphatic heterocycles. The van der Waals surface area contributed by atoms with Gasteiger partial charge in [-0.2, -0.15) is 0 Å². The second-order valence-electron chi connectivity index (χ2n) is 10.0. The molecule has 0 amide bonds. The van der Waals surface area contributed by atoms with Crippen molar-refractivity contribution in [2.45, 2.75) is 45.6 Å². The minimum Gasteiger partial charge on any atom is -0.406 e. The van der Waals surface area contributed by atoms with Crippen LogP contribution in [0.5, 0.6) is 5.75 Å². The number of nitrogens with zero attached hydrogens (tertiary/aromatic N) is 3. The third-order valence-corrected chi connectivity index (χ3v) is 6.76. The topological polar surface area (TPSA) is 48.8 Å². The maximum Gasteiger partial charge on any atom is 0.573 e. The van der Waals surface area contributed by atoms with Gasteiger partial charge in [-0.15, -0.1) is 13.2 Å². The molecule has 8 heteroatoms. The fourth-order valence-electron chi connectivity index (χ4n) is 5.35. The van der Waals surface area contributed by atoms with Gasteiger partial charge < -0.3 is 19.6 Å². The van der Waals surface area contributed by atoms with E-state index in [0.717, 1.165) is 38.2 Å². The molecule has 2 fully saturated rings. The summed E-state index contributed by atoms with van der Waals surface area (Å²) in [5.74, 6) is 0.194. The van der Waals surface area contributed by atoms with E-state index in [-0.39, 0.29) is 5.75 Å². The molecule has 1 aromatic carbocycles. The lowest BCUT2D eigenvalue weighted by Gasteiger charge is -2.57. The number of hydrogen-bond acceptors (Lipinski definition) is 5. The number of halogens is 3. The summed E-state index contributed by atoms with van der Waals surface area (Å²) in [6, 6.07) is 7.56. The predicted molar refractivity (Wildman–Crippen MR) is 121 cm³/mol. The fourth-order valence-corrected chi connectivity index (χ4v) is 5.35. The van der Waals surface area contributed by atoms with Crippen molar-refractivity contribution in [2.24, 2.45) is 11.3 Å². The number of aliphatic hydroxyl groups is 1. The van der Waals surface area contributed by atoms with E-state index in [4.69, 9.17) is 0 Å². The van der Waals surface area contributed by atoms with Crippen molar-refractivity contribution >= 4 is 5.69 Å². The Morgan fingerprint density at radius 2 is 1.70 bits per heavy atom. The number of aromatic nitrogens is 1. The lowest BCUT2D eigenvalue weighted by Crippen LogP contribution is -2.65. The number of benzene rings is 1. The third-order valence-electron chi connectivity index (χ3n) is 6.76. The molecule has 33 heavy (non-hydrogen) atoms. The number of hydrogen-bond donors (Lipinski definition) is 1. The Balaban J connectivity index is 1.71. The van der Waals surface area contributed by atoms with Crippen molar-refractivity contribution in [3.63, 3.8) is 0 Å². The van der Waals surface area contributed by atoms with Crippen LogP contribution in [0.4, 0.5) is 18.9 Å². The molecule has 5 nitrogen and oxygen atoms in total. The van der Waals surface area contributed by atoms with Gasteiger partial charge in [-0.25, -0.2) is 0 Å². The monoisotopic (exact) mass is 463 g/mol. The molecule has 2 saturated heterocycles. The van der Waals surface area contributed by atoms with E-state index < -0.39 is 17.4 Å². The third kappa shape index (κ3) is 4.82. The van der Waals surface area contributed by atoms with Crippen LogP contribution in [0.1, 0.15) is 44.7 Å². The van der Waals surface area contributed by atoms with Gasteiger partial charge in [0.15, 0.2) is 0 Å². The molecule has 1 N–H and O–H groups in total. The van der Waals surface area contributed by atoms with Gasteiger partial charge in [0, 0.05) is 49.9 Å². The molecule has 3 heterocycles. The number of alkyl halides is 3. The van der Waals surface area contributed by atoms with Crippen molar-refractivity contribution in [3.8, 4) is 5.75 Å². The zero-order valence-corrected chi connectivity index (χ0v) is 19.4. The van der Waals surface area contributed by atoms with Crippen LogP contribution >= 0.6 is 0 Å². The fraction of sp³-hybridized carbons (Fsp3) is 0.560. The standard InChI is InChI=1S/C25H32F3N3O2/c1-18(2)15-30-16-23(3,17-30)24(32,19-6-8-22(9-7-19)33-25(26,27)28)20-12-21(14-29-13-20)31-10-4-5-11-31/h6-9,12-14,18,32H,4-5,10-11,15-17H2,1-3H3/t24-/m0/s1. The molecule has 2 aliphatic rings. The lowest BCUT2D eigenvalue weighted by atomic mass is 9.62. The first-order valence-corrected chi connectivity index (χ1v) is 11.5. The van der Waals surface area contributed by atoms with Gasteiger partial charge in [-0.1, -0.05) is 32.9 Å². The van der Waals surface area contributed by atoms with E-state index in [1.165, 1.54) is 24.3 Å². The molecule has 4 rings (SSSR count). The van der Waals surface area contributed by atoms with Crippen molar-refractivity contribution in [1.29, 1.82) is 0 Å². The van der Waals surface area contributed by atoms with Crippen LogP contribution in [-0.4, -0.2) is 54.1 Å². The Bertz CT molecular complexity index is 952. The van der Waals surface area contributed by atoms with E-state index in [2.05, 4.69) is 33.4 Å². The van der Waals surface area contributed by atoms with E-state index in [0.29, 0.717) is 30.1 Å². The van der Waals surface area contributed by atoms with E-state index >= 15 is 0 Å². The summed E-state index contributed by atoms with van der Waals surface area (Å²) in [5.41, 5.74) is 0.203. The van der Waals surface area contributed by atoms with Gasteiger partial charge in [-0.3, -0.25) is 4.98 Å². The minimum absolute atomic E-state index is 0.308. The Labute approximate surface area is 193 Å². The second-order valence-corrected chi connectivity index (χ2v) is 10.0. The summed E-state index contributed by atoms with van der Waals surface area (Å²) in [4.78, 5) is 8.99. The molecular weight excluding hydrogens is 431 g/mol. The zero-order valence-electron chi connectivity index (χ0n) is 19.4. The van der Waals surface area contributed by atoms with Crippen molar-refractivity contribution in [2.75, 3.05) is 37.6 Å². The molecular formula is C25H32F3N3O2. The van der Waals surface area contributed by atoms with Gasteiger partial charge >= 0.3 is 6.36 Å². The first-order valence-electron chi connectivity index (χ1n) is 11.5. The average Bonchev–Trinajstić information content (AvgIpc) is 3.26. The van der Waals surface area contributed by atoms with Crippen LogP contribution in [0.3, 0.4) is 0 Å². The Hall–Kier alpha value is -2.32. The van der Waals surface area contributed by atoms with Gasteiger partial charge in [0.1, 0.15) is 11.4 Å². The summed E-state index contributed by atoms with van der Waals surface area (Å²) in [6.07, 6.45) is 0.969. The quantitative estimate of drug-likeness (QED) is 0.640. The van der Waals surface area contributed by atoms with Crippen molar-refractivity contribution in [1.82, 2.24) is 9.88 Å². The van der Waals surface area contributed by atoms with E-state index in [1.807, 2.05) is 19.2 Å². The highest BCUT2D eigenvalue weighted by molar-refractivity contribution is 5.51. The van der Waals surface area contributed by atoms with Crippen molar-refractivity contribution in [3.05, 3.63) is 53.9 Å². The lowest BCUT2D eigenvalue weighted by molar-refractivity contribution is -0.274. The highest BCUT2D eigenvalue weighted by atomic mass is 19.4. The Morgan fingerprint density at radius 1 is 1.06 bits per heavy atom. The maximum absolute atomic E-state index is 12.6. The molecule has 1 aromatic heterocycles. The molecule has 0 bridgehead atoms. The van der Waals surface area contributed by atoms with Gasteiger partial charge in [0.2, 0.25) is 0 Å². The van der Waals surface area contributed by atoms with Crippen LogP contribution in [-0.2, 0) is 5.60 Å². The zero-order chi connectivity index (χ0) is 23.9. The van der Waals surface area contributed by atoms with Crippen LogP contribution in [0, 0.1) is 11.3 Å². The number of likely N-dealkylation sites (tertiary alicyclic amines) is 1. The van der Waals surface area contributed by atoms with Gasteiger partial charge in [0.25, 0.3) is 0 Å². The minimum atomic E-state index is -4.76. The number of ether oxygens (including phenoxy) is 1. The van der Waals surface area contributed by atoms with Gasteiger partial charge in [-0.05, 0) is 42.5 Å². The molecule has 0 spiro atoms. The first-order chi connectivity index (χ1) is 15.5. The molecule has 180 valence electrons. The summed E-state index contributed by atoms with van der Waals surface area (Å²) in [5, 5.41) is 12.3. The molecule has 0 radical (unpaired) electrons. The second kappa shape index (κ2) is 8.80. The van der Waals surface area contributed by atoms with Crippen LogP contribution in [0.25, 0.3) is 0 Å².